The van der Waals surface area contributed by atoms with E-state index in [1.807, 2.05) is 6.07 Å². The van der Waals surface area contributed by atoms with Crippen LogP contribution in [0.3, 0.4) is 0 Å². The molecule has 1 aromatic heterocycles. The van der Waals surface area contributed by atoms with Gasteiger partial charge in [0.25, 0.3) is 0 Å². The molecule has 1 heterocycles. The first-order valence-electron chi connectivity index (χ1n) is 20.6. The molecule has 60 heavy (non-hydrogen) atoms. The number of fused-ring (bicyclic) bond motifs is 2. The SMILES string of the molecule is CCCCCCc1cc(/C=C(/C#N)C(=O)O)sc1-c1cc(N(c2ccc(C)cc2)c2cccc3ccccc23)cc(N(c2ccc(C)cc2)c2cccc3ccccc23)c1. The average molecular weight is 802 g/mol. The molecule has 296 valence electrons. The van der Waals surface area contributed by atoms with Crippen LogP contribution in [-0.4, -0.2) is 11.1 Å². The summed E-state index contributed by atoms with van der Waals surface area (Å²) >= 11 is 1.54. The van der Waals surface area contributed by atoms with Gasteiger partial charge in [0.05, 0.1) is 11.4 Å². The molecular formula is C54H47N3O2S. The van der Waals surface area contributed by atoms with Gasteiger partial charge in [0.15, 0.2) is 0 Å². The lowest BCUT2D eigenvalue weighted by atomic mass is 10.00. The molecule has 8 aromatic rings. The Hall–Kier alpha value is -6.94. The van der Waals surface area contributed by atoms with Gasteiger partial charge in [0.1, 0.15) is 11.6 Å². The van der Waals surface area contributed by atoms with Gasteiger partial charge in [-0.05, 0) is 115 Å². The fraction of sp³-hybridized carbons (Fsp3) is 0.148. The second-order valence-corrected chi connectivity index (χ2v) is 16.4. The van der Waals surface area contributed by atoms with Crippen molar-refractivity contribution in [2.24, 2.45) is 0 Å². The van der Waals surface area contributed by atoms with Gasteiger partial charge in [0.2, 0.25) is 0 Å². The molecule has 0 amide bonds. The summed E-state index contributed by atoms with van der Waals surface area (Å²) in [7, 11) is 0. The normalized spacial score (nSPS) is 11.5. The molecule has 0 atom stereocenters. The van der Waals surface area contributed by atoms with Gasteiger partial charge in [-0.3, -0.25) is 0 Å². The second-order valence-electron chi connectivity index (χ2n) is 15.4. The van der Waals surface area contributed by atoms with Crippen LogP contribution in [0, 0.1) is 25.2 Å². The van der Waals surface area contributed by atoms with Gasteiger partial charge in [-0.25, -0.2) is 4.79 Å². The number of rotatable bonds is 14. The molecule has 0 spiro atoms. The smallest absolute Gasteiger partial charge is 0.346 e. The summed E-state index contributed by atoms with van der Waals surface area (Å²) in [5.74, 6) is -1.23. The molecule has 0 aliphatic heterocycles. The fourth-order valence-corrected chi connectivity index (χ4v) is 9.15. The van der Waals surface area contributed by atoms with Gasteiger partial charge in [-0.2, -0.15) is 5.26 Å². The summed E-state index contributed by atoms with van der Waals surface area (Å²) in [4.78, 5) is 18.6. The molecule has 0 aliphatic rings. The Morgan fingerprint density at radius 2 is 1.15 bits per heavy atom. The van der Waals surface area contributed by atoms with Crippen molar-refractivity contribution in [2.75, 3.05) is 9.80 Å². The largest absolute Gasteiger partial charge is 0.477 e. The standard InChI is InChI=1S/C54H47N3O2S/c1-4-5-6-7-16-41-33-48(34-43(36-55)54(58)59)60-53(41)42-31-46(56(44-27-23-37(2)24-28-44)51-21-12-17-39-14-8-10-19-49(39)51)35-47(32-42)57(45-29-25-38(3)26-30-45)52-22-13-18-40-15-9-11-20-50(40)52/h8-15,17-35H,4-7,16H2,1-3H3,(H,58,59)/b43-34-. The van der Waals surface area contributed by atoms with Crippen LogP contribution in [0.25, 0.3) is 38.1 Å². The number of hydrogen-bond donors (Lipinski definition) is 1. The summed E-state index contributed by atoms with van der Waals surface area (Å²) in [5.41, 5.74) is 10.4. The van der Waals surface area contributed by atoms with Crippen molar-refractivity contribution in [3.63, 3.8) is 0 Å². The molecule has 0 bridgehead atoms. The summed E-state index contributed by atoms with van der Waals surface area (Å²) in [6.07, 6.45) is 6.74. The third kappa shape index (κ3) is 8.45. The van der Waals surface area contributed by atoms with Gasteiger partial charge < -0.3 is 14.9 Å². The number of anilines is 6. The third-order valence-electron chi connectivity index (χ3n) is 11.0. The van der Waals surface area contributed by atoms with E-state index in [0.29, 0.717) is 0 Å². The maximum atomic E-state index is 12.0. The van der Waals surface area contributed by atoms with E-state index in [1.54, 1.807) is 11.3 Å². The van der Waals surface area contributed by atoms with E-state index in [2.05, 4.69) is 188 Å². The number of carboxylic acids is 1. The van der Waals surface area contributed by atoms with Crippen molar-refractivity contribution in [1.29, 1.82) is 5.26 Å². The molecule has 5 nitrogen and oxygen atoms in total. The topological polar surface area (TPSA) is 67.6 Å². The Bertz CT molecular complexity index is 2730. The van der Waals surface area contributed by atoms with Crippen LogP contribution < -0.4 is 9.80 Å². The predicted octanol–water partition coefficient (Wildman–Crippen LogP) is 15.4. The number of carbonyl (C=O) groups is 1. The monoisotopic (exact) mass is 801 g/mol. The molecular weight excluding hydrogens is 755 g/mol. The number of hydrogen-bond acceptors (Lipinski definition) is 5. The molecule has 0 aliphatic carbocycles. The number of unbranched alkanes of at least 4 members (excludes halogenated alkanes) is 3. The number of nitriles is 1. The zero-order chi connectivity index (χ0) is 41.6. The van der Waals surface area contributed by atoms with Crippen LogP contribution >= 0.6 is 11.3 Å². The van der Waals surface area contributed by atoms with Crippen molar-refractivity contribution in [3.8, 4) is 16.5 Å². The number of nitrogens with zero attached hydrogens (tertiary/aromatic N) is 3. The van der Waals surface area contributed by atoms with Crippen LogP contribution in [0.15, 0.2) is 163 Å². The molecule has 8 rings (SSSR count). The van der Waals surface area contributed by atoms with Crippen LogP contribution in [0.1, 0.15) is 54.2 Å². The van der Waals surface area contributed by atoms with Crippen molar-refractivity contribution in [1.82, 2.24) is 0 Å². The Morgan fingerprint density at radius 1 is 0.633 bits per heavy atom. The Kier molecular flexibility index (Phi) is 11.9. The minimum Gasteiger partial charge on any atom is -0.477 e. The second kappa shape index (κ2) is 17.9. The number of aryl methyl sites for hydroxylation is 3. The van der Waals surface area contributed by atoms with Gasteiger partial charge >= 0.3 is 5.97 Å². The van der Waals surface area contributed by atoms with E-state index in [0.717, 1.165) is 109 Å². The summed E-state index contributed by atoms with van der Waals surface area (Å²) in [6, 6.07) is 58.2. The molecule has 1 N–H and O–H groups in total. The quantitative estimate of drug-likeness (QED) is 0.0674. The molecule has 0 saturated carbocycles. The minimum absolute atomic E-state index is 0.280. The van der Waals surface area contributed by atoms with Gasteiger partial charge in [0, 0.05) is 43.3 Å². The average Bonchev–Trinajstić information content (AvgIpc) is 3.68. The van der Waals surface area contributed by atoms with Crippen molar-refractivity contribution >= 4 is 79.1 Å². The van der Waals surface area contributed by atoms with Gasteiger partial charge in [-0.1, -0.05) is 134 Å². The van der Waals surface area contributed by atoms with E-state index < -0.39 is 5.97 Å². The predicted molar refractivity (Wildman–Crippen MR) is 253 cm³/mol. The zero-order valence-electron chi connectivity index (χ0n) is 34.2. The number of benzene rings is 7. The molecule has 0 fully saturated rings. The van der Waals surface area contributed by atoms with Crippen molar-refractivity contribution in [3.05, 3.63) is 185 Å². The first-order valence-corrected chi connectivity index (χ1v) is 21.5. The lowest BCUT2D eigenvalue weighted by Gasteiger charge is -2.31. The van der Waals surface area contributed by atoms with Gasteiger partial charge in [-0.15, -0.1) is 11.3 Å². The molecule has 0 unspecified atom stereocenters. The molecule has 6 heteroatoms. The van der Waals surface area contributed by atoms with Crippen LogP contribution in [0.4, 0.5) is 34.1 Å². The molecule has 0 saturated heterocycles. The first-order chi connectivity index (χ1) is 29.3. The highest BCUT2D eigenvalue weighted by Crippen LogP contribution is 2.47. The lowest BCUT2D eigenvalue weighted by molar-refractivity contribution is -0.132. The van der Waals surface area contributed by atoms with E-state index in [9.17, 15) is 15.2 Å². The van der Waals surface area contributed by atoms with Crippen molar-refractivity contribution in [2.45, 2.75) is 52.9 Å². The Balaban J connectivity index is 1.45. The summed E-state index contributed by atoms with van der Waals surface area (Å²) in [6.45, 7) is 6.44. The lowest BCUT2D eigenvalue weighted by Crippen LogP contribution is -2.14. The van der Waals surface area contributed by atoms with E-state index in [-0.39, 0.29) is 5.57 Å². The van der Waals surface area contributed by atoms with Crippen LogP contribution in [-0.2, 0) is 11.2 Å². The third-order valence-corrected chi connectivity index (χ3v) is 12.2. The molecule has 0 radical (unpaired) electrons. The van der Waals surface area contributed by atoms with Crippen LogP contribution in [0.5, 0.6) is 0 Å². The number of thiophene rings is 1. The summed E-state index contributed by atoms with van der Waals surface area (Å²) in [5, 5.41) is 24.2. The zero-order valence-corrected chi connectivity index (χ0v) is 35.0. The Labute approximate surface area is 356 Å². The summed E-state index contributed by atoms with van der Waals surface area (Å²) < 4.78 is 0. The highest BCUT2D eigenvalue weighted by molar-refractivity contribution is 7.16. The fourth-order valence-electron chi connectivity index (χ4n) is 8.01. The highest BCUT2D eigenvalue weighted by Gasteiger charge is 2.23. The minimum atomic E-state index is -1.23. The van der Waals surface area contributed by atoms with Crippen molar-refractivity contribution < 1.29 is 9.90 Å². The van der Waals surface area contributed by atoms with E-state index in [4.69, 9.17) is 0 Å². The Morgan fingerprint density at radius 3 is 1.65 bits per heavy atom. The maximum Gasteiger partial charge on any atom is 0.346 e. The molecule has 7 aromatic carbocycles. The van der Waals surface area contributed by atoms with E-state index in [1.165, 1.54) is 17.2 Å². The number of carboxylic acid groups (broad SMARTS) is 1. The number of aliphatic carboxylic acids is 1. The maximum absolute atomic E-state index is 12.0. The van der Waals surface area contributed by atoms with E-state index >= 15 is 0 Å². The highest BCUT2D eigenvalue weighted by atomic mass is 32.1. The first kappa shape index (κ1) is 39.9. The van der Waals surface area contributed by atoms with Crippen LogP contribution in [0.2, 0.25) is 0 Å².